The molecule has 76 valence electrons. The molecule has 0 saturated heterocycles. The van der Waals surface area contributed by atoms with Crippen molar-refractivity contribution in [1.29, 1.82) is 15.8 Å². The van der Waals surface area contributed by atoms with E-state index >= 15 is 0 Å². The molecule has 0 aliphatic carbocycles. The zero-order valence-corrected chi connectivity index (χ0v) is 7.88. The van der Waals surface area contributed by atoms with E-state index in [9.17, 15) is 0 Å². The first-order valence-corrected chi connectivity index (χ1v) is 4.04. The topological polar surface area (TPSA) is 121 Å². The number of benzene rings is 1. The lowest BCUT2D eigenvalue weighted by atomic mass is 10.0. The zero-order valence-electron chi connectivity index (χ0n) is 7.88. The highest BCUT2D eigenvalue weighted by molar-refractivity contribution is 6.33. The number of nitriles is 3. The number of hydrogen-bond donors (Lipinski definition) is 2. The summed E-state index contributed by atoms with van der Waals surface area (Å²) in [5.41, 5.74) is -0.323. The molecule has 0 heterocycles. The lowest BCUT2D eigenvalue weighted by Gasteiger charge is -2.07. The van der Waals surface area contributed by atoms with Gasteiger partial charge >= 0.3 is 7.32 Å². The monoisotopic (exact) mass is 213 g/mol. The summed E-state index contributed by atoms with van der Waals surface area (Å²) < 4.78 is 4.51. The van der Waals surface area contributed by atoms with Crippen LogP contribution in [0.25, 0.3) is 0 Å². The van der Waals surface area contributed by atoms with E-state index in [1.807, 2.05) is 0 Å². The second kappa shape index (κ2) is 4.81. The Bertz CT molecular complexity index is 537. The van der Waals surface area contributed by atoms with E-state index in [0.29, 0.717) is 0 Å². The average Bonchev–Trinajstić information content (AvgIpc) is 2.27. The Morgan fingerprint density at radius 3 is 2.06 bits per heavy atom. The fraction of sp³-hybridized carbons (Fsp3) is 0. The van der Waals surface area contributed by atoms with Crippen molar-refractivity contribution in [2.45, 2.75) is 0 Å². The Morgan fingerprint density at radius 1 is 1.00 bits per heavy atom. The maximum absolute atomic E-state index is 8.81. The van der Waals surface area contributed by atoms with Crippen LogP contribution in [0.15, 0.2) is 12.1 Å². The van der Waals surface area contributed by atoms with Gasteiger partial charge in [-0.05, 0) is 12.1 Å². The van der Waals surface area contributed by atoms with Crippen molar-refractivity contribution < 1.29 is 14.7 Å². The zero-order chi connectivity index (χ0) is 12.1. The highest BCUT2D eigenvalue weighted by Gasteiger charge is 2.18. The van der Waals surface area contributed by atoms with Crippen LogP contribution < -0.4 is 4.65 Å². The van der Waals surface area contributed by atoms with Crippen molar-refractivity contribution in [2.75, 3.05) is 0 Å². The van der Waals surface area contributed by atoms with Gasteiger partial charge in [-0.15, -0.1) is 0 Å². The van der Waals surface area contributed by atoms with Crippen LogP contribution in [0, 0.1) is 34.0 Å². The third kappa shape index (κ3) is 2.10. The summed E-state index contributed by atoms with van der Waals surface area (Å²) in [6.07, 6.45) is 0. The molecule has 1 rings (SSSR count). The first-order chi connectivity index (χ1) is 7.63. The molecule has 1 aromatic rings. The Kier molecular flexibility index (Phi) is 3.47. The van der Waals surface area contributed by atoms with Gasteiger partial charge in [0.2, 0.25) is 0 Å². The number of nitrogens with zero attached hydrogens (tertiary/aromatic N) is 3. The Balaban J connectivity index is 3.42. The van der Waals surface area contributed by atoms with E-state index in [0.717, 1.165) is 0 Å². The van der Waals surface area contributed by atoms with Crippen molar-refractivity contribution in [2.24, 2.45) is 0 Å². The van der Waals surface area contributed by atoms with E-state index in [1.165, 1.54) is 12.1 Å². The first kappa shape index (κ1) is 11.5. The molecule has 0 aliphatic rings. The SMILES string of the molecule is N#Cc1ccc(OB(O)O)c(C#N)c1C#N. The molecule has 6 nitrogen and oxygen atoms in total. The normalized spacial score (nSPS) is 8.44. The summed E-state index contributed by atoms with van der Waals surface area (Å²) in [7, 11) is -2.09. The van der Waals surface area contributed by atoms with Crippen molar-refractivity contribution in [3.05, 3.63) is 28.8 Å². The largest absolute Gasteiger partial charge is 0.707 e. The van der Waals surface area contributed by atoms with E-state index in [2.05, 4.69) is 4.65 Å². The molecule has 7 heteroatoms. The first-order valence-electron chi connectivity index (χ1n) is 4.04. The van der Waals surface area contributed by atoms with Crippen LogP contribution in [0.4, 0.5) is 0 Å². The minimum absolute atomic E-state index is 0.0267. The Hall–Kier alpha value is -2.53. The average molecular weight is 213 g/mol. The highest BCUT2D eigenvalue weighted by atomic mass is 16.6. The van der Waals surface area contributed by atoms with E-state index in [4.69, 9.17) is 25.8 Å². The smallest absolute Gasteiger partial charge is 0.511 e. The maximum atomic E-state index is 8.81. The van der Waals surface area contributed by atoms with Gasteiger partial charge in [0.05, 0.1) is 11.1 Å². The highest BCUT2D eigenvalue weighted by Crippen LogP contribution is 2.24. The van der Waals surface area contributed by atoms with Crippen LogP contribution in [0.1, 0.15) is 16.7 Å². The molecule has 0 bridgehead atoms. The number of rotatable bonds is 2. The Morgan fingerprint density at radius 2 is 1.62 bits per heavy atom. The Labute approximate surface area is 91.3 Å². The maximum Gasteiger partial charge on any atom is 0.707 e. The van der Waals surface area contributed by atoms with Crippen LogP contribution >= 0.6 is 0 Å². The summed E-state index contributed by atoms with van der Waals surface area (Å²) in [6, 6.07) is 7.59. The molecule has 0 atom stereocenters. The van der Waals surface area contributed by atoms with Gasteiger partial charge in [-0.3, -0.25) is 0 Å². The van der Waals surface area contributed by atoms with E-state index < -0.39 is 7.32 Å². The van der Waals surface area contributed by atoms with Gasteiger partial charge in [0.25, 0.3) is 0 Å². The van der Waals surface area contributed by atoms with Crippen LogP contribution in [0.3, 0.4) is 0 Å². The molecule has 0 radical (unpaired) electrons. The predicted octanol–water partition coefficient (Wildman–Crippen LogP) is -0.350. The molecule has 0 fully saturated rings. The quantitative estimate of drug-likeness (QED) is 0.647. The van der Waals surface area contributed by atoms with Crippen molar-refractivity contribution >= 4 is 7.32 Å². The van der Waals surface area contributed by atoms with Gasteiger partial charge in [-0.1, -0.05) is 0 Å². The van der Waals surface area contributed by atoms with Crippen LogP contribution in [0.5, 0.6) is 5.75 Å². The number of hydrogen-bond acceptors (Lipinski definition) is 6. The molecule has 0 spiro atoms. The molecular formula is C9H4BN3O3. The standard InChI is InChI=1S/C9H4BN3O3/c11-3-6-1-2-9(16-10(14)15)8(5-13)7(6)4-12/h1-2,14-15H. The molecule has 0 aromatic heterocycles. The van der Waals surface area contributed by atoms with Gasteiger partial charge < -0.3 is 14.7 Å². The second-order valence-corrected chi connectivity index (χ2v) is 2.64. The molecule has 16 heavy (non-hydrogen) atoms. The van der Waals surface area contributed by atoms with Crippen molar-refractivity contribution in [3.8, 4) is 24.0 Å². The van der Waals surface area contributed by atoms with Gasteiger partial charge in [-0.25, -0.2) is 0 Å². The van der Waals surface area contributed by atoms with Gasteiger partial charge in [0.15, 0.2) is 0 Å². The van der Waals surface area contributed by atoms with Crippen molar-refractivity contribution in [3.63, 3.8) is 0 Å². The summed E-state index contributed by atoms with van der Waals surface area (Å²) in [4.78, 5) is 0. The van der Waals surface area contributed by atoms with Crippen LogP contribution in [0.2, 0.25) is 0 Å². The molecule has 2 N–H and O–H groups in total. The lowest BCUT2D eigenvalue weighted by molar-refractivity contribution is 0.288. The summed E-state index contributed by atoms with van der Waals surface area (Å²) >= 11 is 0. The van der Waals surface area contributed by atoms with Gasteiger partial charge in [0.1, 0.15) is 29.5 Å². The van der Waals surface area contributed by atoms with Crippen molar-refractivity contribution in [1.82, 2.24) is 0 Å². The summed E-state index contributed by atoms with van der Waals surface area (Å²) in [5.74, 6) is -0.159. The minimum atomic E-state index is -2.09. The fourth-order valence-electron chi connectivity index (χ4n) is 1.12. The van der Waals surface area contributed by atoms with Gasteiger partial charge in [0, 0.05) is 0 Å². The minimum Gasteiger partial charge on any atom is -0.511 e. The van der Waals surface area contributed by atoms with E-state index in [-0.39, 0.29) is 22.4 Å². The van der Waals surface area contributed by atoms with Crippen LogP contribution in [-0.4, -0.2) is 17.4 Å². The third-order valence-electron chi connectivity index (χ3n) is 1.74. The molecular weight excluding hydrogens is 209 g/mol. The second-order valence-electron chi connectivity index (χ2n) is 2.64. The third-order valence-corrected chi connectivity index (χ3v) is 1.74. The van der Waals surface area contributed by atoms with Gasteiger partial charge in [-0.2, -0.15) is 15.8 Å². The summed E-state index contributed by atoms with van der Waals surface area (Å²) in [5, 5.41) is 43.5. The fourth-order valence-corrected chi connectivity index (χ4v) is 1.12. The molecule has 0 unspecified atom stereocenters. The molecule has 0 saturated carbocycles. The predicted molar refractivity (Wildman–Crippen MR) is 51.4 cm³/mol. The molecule has 1 aromatic carbocycles. The summed E-state index contributed by atoms with van der Waals surface area (Å²) in [6.45, 7) is 0. The molecule has 0 aliphatic heterocycles. The van der Waals surface area contributed by atoms with E-state index in [1.54, 1.807) is 18.2 Å². The van der Waals surface area contributed by atoms with Crippen LogP contribution in [-0.2, 0) is 0 Å². The lowest BCUT2D eigenvalue weighted by Crippen LogP contribution is -2.21. The molecule has 0 amide bonds.